The average Bonchev–Trinajstić information content (AvgIpc) is 3.01. The summed E-state index contributed by atoms with van der Waals surface area (Å²) in [6.45, 7) is 8.58. The predicted octanol–water partition coefficient (Wildman–Crippen LogP) is 6.10. The summed E-state index contributed by atoms with van der Waals surface area (Å²) >= 11 is 0. The predicted molar refractivity (Wildman–Crippen MR) is 118 cm³/mol. The maximum Gasteiger partial charge on any atom is 0.139 e. The second-order valence-corrected chi connectivity index (χ2v) is 7.65. The van der Waals surface area contributed by atoms with Crippen molar-refractivity contribution in [2.75, 3.05) is 5.32 Å². The van der Waals surface area contributed by atoms with Gasteiger partial charge in [0.25, 0.3) is 0 Å². The van der Waals surface area contributed by atoms with E-state index in [1.165, 1.54) is 33.6 Å². The van der Waals surface area contributed by atoms with Crippen LogP contribution in [0.5, 0.6) is 0 Å². The molecule has 0 radical (unpaired) electrons. The lowest BCUT2D eigenvalue weighted by molar-refractivity contribution is 0.929. The van der Waals surface area contributed by atoms with Gasteiger partial charge in [0.05, 0.1) is 5.69 Å². The molecule has 0 aliphatic rings. The Morgan fingerprint density at radius 2 is 1.54 bits per heavy atom. The van der Waals surface area contributed by atoms with Crippen molar-refractivity contribution in [1.82, 2.24) is 9.38 Å². The van der Waals surface area contributed by atoms with Gasteiger partial charge in [-0.2, -0.15) is 0 Å². The highest BCUT2D eigenvalue weighted by Gasteiger charge is 2.16. The summed E-state index contributed by atoms with van der Waals surface area (Å²) in [6, 6.07) is 21.4. The molecule has 2 heterocycles. The molecule has 1 N–H and O–H groups in total. The van der Waals surface area contributed by atoms with Crippen molar-refractivity contribution in [3.05, 3.63) is 94.3 Å². The minimum Gasteiger partial charge on any atom is -0.339 e. The fraction of sp³-hybridized carbons (Fsp3) is 0.240. The topological polar surface area (TPSA) is 29.3 Å². The summed E-state index contributed by atoms with van der Waals surface area (Å²) in [7, 11) is 0. The number of benzene rings is 2. The lowest BCUT2D eigenvalue weighted by Crippen LogP contribution is -2.04. The molecule has 4 rings (SSSR count). The average molecular weight is 370 g/mol. The molecule has 3 nitrogen and oxygen atoms in total. The van der Waals surface area contributed by atoms with Crippen molar-refractivity contribution in [2.24, 2.45) is 0 Å². The third-order valence-electron chi connectivity index (χ3n) is 5.34. The quantitative estimate of drug-likeness (QED) is 0.461. The number of nitrogens with one attached hydrogen (secondary N) is 1. The van der Waals surface area contributed by atoms with Crippen LogP contribution in [0.25, 0.3) is 5.65 Å². The third kappa shape index (κ3) is 3.53. The smallest absolute Gasteiger partial charge is 0.139 e. The van der Waals surface area contributed by atoms with Crippen molar-refractivity contribution in [3.8, 4) is 0 Å². The molecule has 0 fully saturated rings. The van der Waals surface area contributed by atoms with Crippen LogP contribution in [0.1, 0.15) is 33.6 Å². The number of anilines is 2. The van der Waals surface area contributed by atoms with Gasteiger partial charge in [0, 0.05) is 11.4 Å². The van der Waals surface area contributed by atoms with Crippen molar-refractivity contribution >= 4 is 17.2 Å². The van der Waals surface area contributed by atoms with E-state index in [9.17, 15) is 0 Å². The summed E-state index contributed by atoms with van der Waals surface area (Å²) in [5.41, 5.74) is 9.55. The molecule has 0 amide bonds. The highest BCUT2D eigenvalue weighted by Crippen LogP contribution is 2.29. The number of rotatable bonds is 5. The number of imidazole rings is 1. The van der Waals surface area contributed by atoms with Gasteiger partial charge in [-0.15, -0.1) is 0 Å². The zero-order valence-corrected chi connectivity index (χ0v) is 17.1. The molecule has 2 aromatic carbocycles. The Morgan fingerprint density at radius 1 is 0.821 bits per heavy atom. The Bertz CT molecular complexity index is 1100. The molecule has 0 unspecified atom stereocenters. The number of hydrogen-bond donors (Lipinski definition) is 1. The second kappa shape index (κ2) is 7.51. The molecule has 142 valence electrons. The van der Waals surface area contributed by atoms with E-state index in [-0.39, 0.29) is 0 Å². The van der Waals surface area contributed by atoms with Crippen LogP contribution in [0.2, 0.25) is 0 Å². The number of nitrogens with zero attached hydrogens (tertiary/aromatic N) is 2. The van der Waals surface area contributed by atoms with Crippen molar-refractivity contribution in [2.45, 2.75) is 40.5 Å². The van der Waals surface area contributed by atoms with Crippen molar-refractivity contribution < 1.29 is 0 Å². The van der Waals surface area contributed by atoms with Gasteiger partial charge in [-0.25, -0.2) is 4.98 Å². The first kappa shape index (κ1) is 18.3. The normalized spacial score (nSPS) is 11.1. The first-order valence-electron chi connectivity index (χ1n) is 9.88. The molecule has 0 saturated carbocycles. The zero-order valence-electron chi connectivity index (χ0n) is 17.1. The van der Waals surface area contributed by atoms with Gasteiger partial charge in [-0.1, -0.05) is 48.5 Å². The summed E-state index contributed by atoms with van der Waals surface area (Å²) in [5.74, 6) is 1.08. The standard InChI is InChI=1S/C25H27N3/c1-17-15-20(4)28-23(16-17)26-22(14-13-21-11-6-5-7-12-21)25(28)27-24-18(2)9-8-10-19(24)3/h5-12,15-16,27H,13-14H2,1-4H3. The van der Waals surface area contributed by atoms with E-state index in [1.807, 2.05) is 0 Å². The first-order valence-corrected chi connectivity index (χ1v) is 9.88. The van der Waals surface area contributed by atoms with E-state index >= 15 is 0 Å². The SMILES string of the molecule is Cc1cc(C)n2c(Nc3c(C)cccc3C)c(CCc3ccccc3)nc2c1. The van der Waals surface area contributed by atoms with Gasteiger partial charge < -0.3 is 5.32 Å². The van der Waals surface area contributed by atoms with E-state index in [0.717, 1.165) is 30.0 Å². The van der Waals surface area contributed by atoms with Crippen LogP contribution in [-0.4, -0.2) is 9.38 Å². The molecule has 0 saturated heterocycles. The number of para-hydroxylation sites is 1. The molecular formula is C25H27N3. The Labute approximate surface area is 167 Å². The van der Waals surface area contributed by atoms with E-state index in [2.05, 4.69) is 98.1 Å². The monoisotopic (exact) mass is 369 g/mol. The fourth-order valence-corrected chi connectivity index (χ4v) is 3.92. The van der Waals surface area contributed by atoms with E-state index in [1.54, 1.807) is 0 Å². The lowest BCUT2D eigenvalue weighted by Gasteiger charge is -2.15. The maximum absolute atomic E-state index is 5.01. The van der Waals surface area contributed by atoms with Crippen LogP contribution in [0.3, 0.4) is 0 Å². The van der Waals surface area contributed by atoms with Crippen molar-refractivity contribution in [1.29, 1.82) is 0 Å². The van der Waals surface area contributed by atoms with Crippen LogP contribution in [0, 0.1) is 27.7 Å². The number of fused-ring (bicyclic) bond motifs is 1. The van der Waals surface area contributed by atoms with Crippen LogP contribution in [0.4, 0.5) is 11.5 Å². The Kier molecular flexibility index (Phi) is 4.91. The largest absolute Gasteiger partial charge is 0.339 e. The third-order valence-corrected chi connectivity index (χ3v) is 5.34. The first-order chi connectivity index (χ1) is 13.5. The summed E-state index contributed by atoms with van der Waals surface area (Å²) in [5, 5.41) is 3.73. The van der Waals surface area contributed by atoms with Crippen LogP contribution in [-0.2, 0) is 12.8 Å². The molecule has 0 spiro atoms. The highest BCUT2D eigenvalue weighted by molar-refractivity contribution is 5.69. The minimum absolute atomic E-state index is 0.900. The van der Waals surface area contributed by atoms with Crippen LogP contribution in [0.15, 0.2) is 60.7 Å². The van der Waals surface area contributed by atoms with Gasteiger partial charge >= 0.3 is 0 Å². The van der Waals surface area contributed by atoms with Gasteiger partial charge in [0.2, 0.25) is 0 Å². The van der Waals surface area contributed by atoms with Crippen molar-refractivity contribution in [3.63, 3.8) is 0 Å². The van der Waals surface area contributed by atoms with Gasteiger partial charge in [-0.05, 0) is 74.9 Å². The van der Waals surface area contributed by atoms with Crippen LogP contribution < -0.4 is 5.32 Å². The maximum atomic E-state index is 5.01. The Hall–Kier alpha value is -3.07. The van der Waals surface area contributed by atoms with Gasteiger partial charge in [0.1, 0.15) is 11.5 Å². The van der Waals surface area contributed by atoms with Crippen LogP contribution >= 0.6 is 0 Å². The van der Waals surface area contributed by atoms with E-state index in [4.69, 9.17) is 4.98 Å². The van der Waals surface area contributed by atoms with Gasteiger partial charge in [-0.3, -0.25) is 4.40 Å². The minimum atomic E-state index is 0.900. The Morgan fingerprint density at radius 3 is 2.25 bits per heavy atom. The molecule has 28 heavy (non-hydrogen) atoms. The summed E-state index contributed by atoms with van der Waals surface area (Å²) in [4.78, 5) is 5.01. The molecule has 4 aromatic rings. The fourth-order valence-electron chi connectivity index (χ4n) is 3.92. The number of aromatic nitrogens is 2. The molecule has 0 aliphatic heterocycles. The summed E-state index contributed by atoms with van der Waals surface area (Å²) < 4.78 is 2.25. The molecule has 2 aromatic heterocycles. The number of aryl methyl sites for hydroxylation is 6. The van der Waals surface area contributed by atoms with E-state index < -0.39 is 0 Å². The molecule has 0 atom stereocenters. The molecule has 0 aliphatic carbocycles. The Balaban J connectivity index is 1.79. The van der Waals surface area contributed by atoms with E-state index in [0.29, 0.717) is 0 Å². The zero-order chi connectivity index (χ0) is 19.7. The molecule has 3 heteroatoms. The van der Waals surface area contributed by atoms with Gasteiger partial charge in [0.15, 0.2) is 0 Å². The summed E-state index contributed by atoms with van der Waals surface area (Å²) in [6.07, 6.45) is 1.88. The molecular weight excluding hydrogens is 342 g/mol. The highest BCUT2D eigenvalue weighted by atomic mass is 15.1. The number of pyridine rings is 1. The second-order valence-electron chi connectivity index (χ2n) is 7.65. The number of hydrogen-bond acceptors (Lipinski definition) is 2. The molecule has 0 bridgehead atoms. The lowest BCUT2D eigenvalue weighted by atomic mass is 10.1.